The molecule has 170 valence electrons. The van der Waals surface area contributed by atoms with Crippen LogP contribution >= 0.6 is 0 Å². The molecule has 4 rings (SSSR count). The van der Waals surface area contributed by atoms with Crippen LogP contribution in [0.1, 0.15) is 71.6 Å². The molecule has 0 aromatic heterocycles. The van der Waals surface area contributed by atoms with E-state index in [4.69, 9.17) is 5.73 Å². The Labute approximate surface area is 176 Å². The number of sulfone groups is 1. The third-order valence-corrected chi connectivity index (χ3v) is 10.8. The standard InChI is InChI=1S/C22H32F3NO3S/c1-20-11-4-3-5-13(20)6-7-14-15-8-9-17(21(15,2)12-10-16(14)20)18(27)19(26)30(28,29)22(23,24)25/h6,14-17,19H,3-5,7-12,26H2,1-2H3/t14-,15-,16-,17+,19?,20-,21-/m0/s1. The molecule has 4 aliphatic rings. The number of rotatable bonds is 3. The molecule has 2 N–H and O–H groups in total. The van der Waals surface area contributed by atoms with Gasteiger partial charge in [-0.05, 0) is 80.0 Å². The van der Waals surface area contributed by atoms with Crippen LogP contribution in [0, 0.1) is 34.5 Å². The van der Waals surface area contributed by atoms with Gasteiger partial charge >= 0.3 is 5.51 Å². The summed E-state index contributed by atoms with van der Waals surface area (Å²) in [7, 11) is -5.71. The summed E-state index contributed by atoms with van der Waals surface area (Å²) in [5, 5.41) is -2.52. The van der Waals surface area contributed by atoms with Gasteiger partial charge in [0.05, 0.1) is 0 Å². The first-order valence-corrected chi connectivity index (χ1v) is 12.7. The highest BCUT2D eigenvalue weighted by atomic mass is 32.2. The number of carbonyl (C=O) groups is 1. The first kappa shape index (κ1) is 22.3. The minimum atomic E-state index is -5.71. The van der Waals surface area contributed by atoms with Gasteiger partial charge in [0.2, 0.25) is 0 Å². The second-order valence-corrected chi connectivity index (χ2v) is 12.5. The van der Waals surface area contributed by atoms with Crippen LogP contribution in [0.5, 0.6) is 0 Å². The second-order valence-electron chi connectivity index (χ2n) is 10.5. The molecule has 8 heteroatoms. The normalized spacial score (nSPS) is 42.5. The second kappa shape index (κ2) is 7.06. The van der Waals surface area contributed by atoms with Crippen molar-refractivity contribution in [1.29, 1.82) is 0 Å². The van der Waals surface area contributed by atoms with Gasteiger partial charge in [-0.2, -0.15) is 13.2 Å². The molecule has 3 saturated carbocycles. The lowest BCUT2D eigenvalue weighted by Gasteiger charge is -2.57. The molecular formula is C22H32F3NO3S. The van der Waals surface area contributed by atoms with Crippen LogP contribution in [-0.4, -0.2) is 25.1 Å². The number of carbonyl (C=O) groups excluding carboxylic acids is 1. The van der Waals surface area contributed by atoms with Crippen molar-refractivity contribution in [1.82, 2.24) is 0 Å². The number of allylic oxidation sites excluding steroid dienone is 2. The highest BCUT2D eigenvalue weighted by Gasteiger charge is 2.62. The van der Waals surface area contributed by atoms with Gasteiger partial charge in [0, 0.05) is 5.92 Å². The van der Waals surface area contributed by atoms with Crippen molar-refractivity contribution >= 4 is 15.6 Å². The van der Waals surface area contributed by atoms with E-state index in [0.717, 1.165) is 32.1 Å². The van der Waals surface area contributed by atoms with E-state index in [1.807, 2.05) is 6.92 Å². The Balaban J connectivity index is 1.60. The number of Topliss-reactive ketones (excluding diaryl/α,β-unsaturated/α-hetero) is 1. The third kappa shape index (κ3) is 3.03. The van der Waals surface area contributed by atoms with Crippen LogP contribution in [0.3, 0.4) is 0 Å². The van der Waals surface area contributed by atoms with E-state index in [9.17, 15) is 26.4 Å². The number of ketones is 1. The summed E-state index contributed by atoms with van der Waals surface area (Å²) in [6.45, 7) is 4.36. The van der Waals surface area contributed by atoms with Crippen LogP contribution in [0.25, 0.3) is 0 Å². The van der Waals surface area contributed by atoms with Crippen molar-refractivity contribution in [2.45, 2.75) is 82.5 Å². The Morgan fingerprint density at radius 2 is 1.83 bits per heavy atom. The Kier molecular flexibility index (Phi) is 5.25. The van der Waals surface area contributed by atoms with Crippen LogP contribution in [0.15, 0.2) is 11.6 Å². The minimum absolute atomic E-state index is 0.195. The van der Waals surface area contributed by atoms with Gasteiger partial charge in [0.15, 0.2) is 11.2 Å². The van der Waals surface area contributed by atoms with E-state index in [0.29, 0.717) is 18.3 Å². The van der Waals surface area contributed by atoms with E-state index < -0.39 is 37.8 Å². The number of halogens is 3. The van der Waals surface area contributed by atoms with E-state index >= 15 is 0 Å². The minimum Gasteiger partial charge on any atom is -0.309 e. The maximum atomic E-state index is 13.0. The summed E-state index contributed by atoms with van der Waals surface area (Å²) in [4.78, 5) is 12.9. The van der Waals surface area contributed by atoms with E-state index in [1.54, 1.807) is 5.57 Å². The number of alkyl halides is 3. The predicted octanol–water partition coefficient (Wildman–Crippen LogP) is 4.74. The molecule has 3 fully saturated rings. The number of nitrogens with two attached hydrogens (primary N) is 1. The average Bonchev–Trinajstić information content (AvgIpc) is 3.02. The Bertz CT molecular complexity index is 867. The average molecular weight is 448 g/mol. The molecule has 0 bridgehead atoms. The summed E-state index contributed by atoms with van der Waals surface area (Å²) in [5.74, 6) is -0.504. The van der Waals surface area contributed by atoms with E-state index in [-0.39, 0.29) is 11.3 Å². The quantitative estimate of drug-likeness (QED) is 0.634. The van der Waals surface area contributed by atoms with Gasteiger partial charge in [-0.15, -0.1) is 0 Å². The van der Waals surface area contributed by atoms with Crippen molar-refractivity contribution < 1.29 is 26.4 Å². The van der Waals surface area contributed by atoms with Crippen molar-refractivity contribution in [3.05, 3.63) is 11.6 Å². The maximum absolute atomic E-state index is 13.0. The highest BCUT2D eigenvalue weighted by molar-refractivity contribution is 7.93. The van der Waals surface area contributed by atoms with Gasteiger partial charge in [-0.25, -0.2) is 8.42 Å². The fourth-order valence-corrected chi connectivity index (χ4v) is 8.42. The zero-order valence-corrected chi connectivity index (χ0v) is 18.5. The monoisotopic (exact) mass is 447 g/mol. The molecule has 0 spiro atoms. The lowest BCUT2D eigenvalue weighted by atomic mass is 9.47. The molecule has 7 atom stereocenters. The number of hydrogen-bond donors (Lipinski definition) is 1. The number of fused-ring (bicyclic) bond motifs is 5. The fraction of sp³-hybridized carbons (Fsp3) is 0.864. The summed E-state index contributed by atoms with van der Waals surface area (Å²) < 4.78 is 62.4. The van der Waals surface area contributed by atoms with Crippen LogP contribution in [0.4, 0.5) is 13.2 Å². The van der Waals surface area contributed by atoms with Gasteiger partial charge in [0.25, 0.3) is 9.84 Å². The van der Waals surface area contributed by atoms with Crippen molar-refractivity contribution in [2.24, 2.45) is 40.2 Å². The summed E-state index contributed by atoms with van der Waals surface area (Å²) in [5.41, 5.74) is 1.19. The molecule has 0 aliphatic heterocycles. The van der Waals surface area contributed by atoms with Gasteiger partial charge < -0.3 is 5.73 Å². The summed E-state index contributed by atoms with van der Waals surface area (Å²) in [6, 6.07) is 0. The highest BCUT2D eigenvalue weighted by Crippen LogP contribution is 2.66. The van der Waals surface area contributed by atoms with Crippen LogP contribution < -0.4 is 5.73 Å². The van der Waals surface area contributed by atoms with Crippen molar-refractivity contribution in [3.63, 3.8) is 0 Å². The van der Waals surface area contributed by atoms with Crippen molar-refractivity contribution in [3.8, 4) is 0 Å². The molecule has 0 amide bonds. The third-order valence-electron chi connectivity index (χ3n) is 9.30. The molecule has 1 unspecified atom stereocenters. The molecule has 30 heavy (non-hydrogen) atoms. The van der Waals surface area contributed by atoms with Gasteiger partial charge in [-0.1, -0.05) is 31.9 Å². The molecule has 0 aromatic carbocycles. The van der Waals surface area contributed by atoms with Crippen LogP contribution in [-0.2, 0) is 14.6 Å². The number of hydrogen-bond acceptors (Lipinski definition) is 4. The summed E-state index contributed by atoms with van der Waals surface area (Å²) in [6.07, 6.45) is 11.0. The van der Waals surface area contributed by atoms with E-state index in [1.165, 1.54) is 19.3 Å². The SMILES string of the molecule is C[C@]12CC[C@H]3[C@@H](CC=C4CCCC[C@@]43C)[C@@H]1CC[C@@H]2C(=O)C(N)S(=O)(=O)C(F)(F)F. The lowest BCUT2D eigenvalue weighted by Crippen LogP contribution is -2.53. The fourth-order valence-electron chi connectivity index (χ4n) is 7.66. The maximum Gasteiger partial charge on any atom is 0.499 e. The van der Waals surface area contributed by atoms with Gasteiger partial charge in [-0.3, -0.25) is 4.79 Å². The Morgan fingerprint density at radius 1 is 1.13 bits per heavy atom. The molecule has 0 radical (unpaired) electrons. The Morgan fingerprint density at radius 3 is 2.50 bits per heavy atom. The zero-order chi connectivity index (χ0) is 22.1. The topological polar surface area (TPSA) is 77.2 Å². The molecule has 4 aliphatic carbocycles. The van der Waals surface area contributed by atoms with Crippen LogP contribution in [0.2, 0.25) is 0 Å². The lowest BCUT2D eigenvalue weighted by molar-refractivity contribution is -0.129. The molecule has 0 heterocycles. The molecule has 0 saturated heterocycles. The molecular weight excluding hydrogens is 415 g/mol. The first-order valence-electron chi connectivity index (χ1n) is 11.1. The Hall–Kier alpha value is -0.890. The molecule has 0 aromatic rings. The zero-order valence-electron chi connectivity index (χ0n) is 17.7. The van der Waals surface area contributed by atoms with E-state index in [2.05, 4.69) is 13.0 Å². The largest absolute Gasteiger partial charge is 0.499 e. The van der Waals surface area contributed by atoms with Gasteiger partial charge in [0.1, 0.15) is 0 Å². The van der Waals surface area contributed by atoms with Crippen molar-refractivity contribution in [2.75, 3.05) is 0 Å². The predicted molar refractivity (Wildman–Crippen MR) is 108 cm³/mol. The molecule has 4 nitrogen and oxygen atoms in total. The first-order chi connectivity index (χ1) is 13.8. The summed E-state index contributed by atoms with van der Waals surface area (Å²) >= 11 is 0. The smallest absolute Gasteiger partial charge is 0.309 e.